The molecular weight excluding hydrogens is 280 g/mol. The number of hydrogen-bond donors (Lipinski definition) is 3. The molecule has 0 aromatic carbocycles. The molecule has 0 amide bonds. The first kappa shape index (κ1) is 13.0. The van der Waals surface area contributed by atoms with E-state index in [4.69, 9.17) is 5.73 Å². The Morgan fingerprint density at radius 1 is 1.27 bits per heavy atom. The van der Waals surface area contributed by atoms with E-state index in [-0.39, 0.29) is 12.1 Å². The number of hydrogen-bond acceptors (Lipinski definition) is 6. The average molecular weight is 296 g/mol. The van der Waals surface area contributed by atoms with Crippen molar-refractivity contribution in [1.82, 2.24) is 19.9 Å². The van der Waals surface area contributed by atoms with E-state index >= 15 is 0 Å². The third-order valence-electron chi connectivity index (χ3n) is 4.01. The Hall–Kier alpha value is -2.67. The smallest absolute Gasteiger partial charge is 0.220 e. The van der Waals surface area contributed by atoms with Crippen LogP contribution in [-0.4, -0.2) is 44.2 Å². The van der Waals surface area contributed by atoms with Crippen LogP contribution in [0.1, 0.15) is 6.42 Å². The number of aromatic nitrogens is 4. The molecule has 4 N–H and O–H groups in total. The molecule has 4 rings (SSSR count). The van der Waals surface area contributed by atoms with Crippen LogP contribution in [0.4, 0.5) is 11.6 Å². The molecule has 22 heavy (non-hydrogen) atoms. The number of fused-ring (bicyclic) bond motifs is 1. The minimum Gasteiger partial charge on any atom is -0.391 e. The van der Waals surface area contributed by atoms with E-state index in [9.17, 15) is 5.11 Å². The number of H-pyrrole nitrogens is 1. The zero-order valence-corrected chi connectivity index (χ0v) is 11.9. The summed E-state index contributed by atoms with van der Waals surface area (Å²) in [5.74, 6) is 0.244. The van der Waals surface area contributed by atoms with Crippen molar-refractivity contribution in [3.8, 4) is 11.3 Å². The molecule has 4 heterocycles. The fraction of sp³-hybridized carbons (Fsp3) is 0.267. The lowest BCUT2D eigenvalue weighted by Crippen LogP contribution is -2.21. The molecular formula is C15H16N6O. The number of nitrogens with one attached hydrogen (secondary N) is 1. The van der Waals surface area contributed by atoms with Crippen molar-refractivity contribution >= 4 is 22.7 Å². The second-order valence-corrected chi connectivity index (χ2v) is 5.44. The summed E-state index contributed by atoms with van der Waals surface area (Å²) in [4.78, 5) is 18.0. The quantitative estimate of drug-likeness (QED) is 0.656. The Kier molecular flexibility index (Phi) is 2.93. The number of aliphatic hydroxyl groups is 1. The average Bonchev–Trinajstić information content (AvgIpc) is 3.13. The summed E-state index contributed by atoms with van der Waals surface area (Å²) in [6.45, 7) is 1.46. The third kappa shape index (κ3) is 2.06. The van der Waals surface area contributed by atoms with E-state index < -0.39 is 0 Å². The lowest BCUT2D eigenvalue weighted by Gasteiger charge is -2.19. The topological polar surface area (TPSA) is 104 Å². The number of rotatable bonds is 2. The van der Waals surface area contributed by atoms with Crippen molar-refractivity contribution in [2.24, 2.45) is 0 Å². The Bertz CT molecular complexity index is 830. The molecule has 1 aliphatic rings. The number of nitrogen functional groups attached to an aromatic ring is 1. The molecule has 1 aliphatic heterocycles. The molecule has 1 fully saturated rings. The fourth-order valence-corrected chi connectivity index (χ4v) is 2.99. The van der Waals surface area contributed by atoms with Crippen molar-refractivity contribution in [1.29, 1.82) is 0 Å². The van der Waals surface area contributed by atoms with Crippen LogP contribution in [0.3, 0.4) is 0 Å². The summed E-state index contributed by atoms with van der Waals surface area (Å²) in [6.07, 6.45) is 5.81. The Balaban J connectivity index is 1.90. The van der Waals surface area contributed by atoms with Gasteiger partial charge in [0.2, 0.25) is 5.95 Å². The highest BCUT2D eigenvalue weighted by Crippen LogP contribution is 2.35. The number of β-amino-alcohol motifs (C(OH)–C–C–N with tert-alkyl or cyclic N) is 1. The number of pyridine rings is 1. The summed E-state index contributed by atoms with van der Waals surface area (Å²) in [7, 11) is 0. The van der Waals surface area contributed by atoms with Gasteiger partial charge in [-0.05, 0) is 18.6 Å². The van der Waals surface area contributed by atoms with E-state index in [1.165, 1.54) is 0 Å². The molecule has 1 unspecified atom stereocenters. The van der Waals surface area contributed by atoms with Crippen molar-refractivity contribution in [3.63, 3.8) is 0 Å². The van der Waals surface area contributed by atoms with E-state index in [1.807, 2.05) is 18.3 Å². The van der Waals surface area contributed by atoms with Crippen LogP contribution >= 0.6 is 0 Å². The molecule has 0 saturated carbocycles. The maximum atomic E-state index is 9.80. The van der Waals surface area contributed by atoms with Gasteiger partial charge < -0.3 is 20.7 Å². The van der Waals surface area contributed by atoms with Crippen LogP contribution in [0, 0.1) is 0 Å². The standard InChI is InChI=1S/C15H16N6O/c16-15-18-4-1-11(20-15)10-7-19-14-13(10)12(2-5-17-14)21-6-3-9(22)8-21/h1-2,4-5,7,9,22H,3,6,8H2,(H,17,19)(H2,16,18,20). The number of aromatic amines is 1. The van der Waals surface area contributed by atoms with E-state index in [1.54, 1.807) is 12.4 Å². The minimum atomic E-state index is -0.277. The monoisotopic (exact) mass is 296 g/mol. The van der Waals surface area contributed by atoms with Crippen molar-refractivity contribution < 1.29 is 5.11 Å². The van der Waals surface area contributed by atoms with Gasteiger partial charge in [-0.2, -0.15) is 0 Å². The van der Waals surface area contributed by atoms with Gasteiger partial charge in [-0.15, -0.1) is 0 Å². The third-order valence-corrected chi connectivity index (χ3v) is 4.01. The second kappa shape index (κ2) is 4.96. The van der Waals surface area contributed by atoms with Crippen LogP contribution in [0.25, 0.3) is 22.3 Å². The molecule has 3 aromatic rings. The zero-order chi connectivity index (χ0) is 15.1. The first-order chi connectivity index (χ1) is 10.7. The van der Waals surface area contributed by atoms with Gasteiger partial charge in [0, 0.05) is 37.2 Å². The summed E-state index contributed by atoms with van der Waals surface area (Å²) < 4.78 is 0. The van der Waals surface area contributed by atoms with Gasteiger partial charge in [-0.25, -0.2) is 15.0 Å². The van der Waals surface area contributed by atoms with Gasteiger partial charge >= 0.3 is 0 Å². The summed E-state index contributed by atoms with van der Waals surface area (Å²) >= 11 is 0. The van der Waals surface area contributed by atoms with E-state index in [2.05, 4.69) is 24.8 Å². The Morgan fingerprint density at radius 3 is 2.91 bits per heavy atom. The Labute approximate surface area is 126 Å². The molecule has 112 valence electrons. The molecule has 0 radical (unpaired) electrons. The van der Waals surface area contributed by atoms with Gasteiger partial charge in [0.05, 0.1) is 22.9 Å². The molecule has 0 aliphatic carbocycles. The molecule has 7 nitrogen and oxygen atoms in total. The minimum absolute atomic E-state index is 0.244. The molecule has 1 atom stereocenters. The highest BCUT2D eigenvalue weighted by molar-refractivity contribution is 6.02. The molecule has 7 heteroatoms. The lowest BCUT2D eigenvalue weighted by molar-refractivity contribution is 0.198. The van der Waals surface area contributed by atoms with Crippen LogP contribution < -0.4 is 10.6 Å². The Morgan fingerprint density at radius 2 is 2.14 bits per heavy atom. The SMILES string of the molecule is Nc1nccc(-c2c[nH]c3nccc(N4CCC(O)C4)c23)n1. The highest BCUT2D eigenvalue weighted by atomic mass is 16.3. The van der Waals surface area contributed by atoms with Crippen LogP contribution in [-0.2, 0) is 0 Å². The maximum Gasteiger partial charge on any atom is 0.220 e. The predicted octanol–water partition coefficient (Wildman–Crippen LogP) is 1.17. The van der Waals surface area contributed by atoms with Gasteiger partial charge in [-0.3, -0.25) is 0 Å². The van der Waals surface area contributed by atoms with Gasteiger partial charge in [-0.1, -0.05) is 0 Å². The zero-order valence-electron chi connectivity index (χ0n) is 11.9. The second-order valence-electron chi connectivity index (χ2n) is 5.44. The van der Waals surface area contributed by atoms with E-state index in [0.29, 0.717) is 6.54 Å². The molecule has 0 bridgehead atoms. The van der Waals surface area contributed by atoms with Crippen molar-refractivity contribution in [2.75, 3.05) is 23.7 Å². The van der Waals surface area contributed by atoms with E-state index in [0.717, 1.165) is 40.9 Å². The lowest BCUT2D eigenvalue weighted by atomic mass is 10.1. The fourth-order valence-electron chi connectivity index (χ4n) is 2.99. The van der Waals surface area contributed by atoms with Crippen LogP contribution in [0.5, 0.6) is 0 Å². The van der Waals surface area contributed by atoms with Gasteiger partial charge in [0.15, 0.2) is 0 Å². The molecule has 0 spiro atoms. The van der Waals surface area contributed by atoms with Crippen LogP contribution in [0.2, 0.25) is 0 Å². The number of nitrogens with two attached hydrogens (primary N) is 1. The first-order valence-electron chi connectivity index (χ1n) is 7.20. The molecule has 1 saturated heterocycles. The summed E-state index contributed by atoms with van der Waals surface area (Å²) in [5.41, 5.74) is 9.24. The normalized spacial score (nSPS) is 18.2. The predicted molar refractivity (Wildman–Crippen MR) is 84.4 cm³/mol. The number of aliphatic hydroxyl groups excluding tert-OH is 1. The van der Waals surface area contributed by atoms with Gasteiger partial charge in [0.25, 0.3) is 0 Å². The first-order valence-corrected chi connectivity index (χ1v) is 7.20. The summed E-state index contributed by atoms with van der Waals surface area (Å²) in [6, 6.07) is 3.80. The van der Waals surface area contributed by atoms with Crippen molar-refractivity contribution in [3.05, 3.63) is 30.7 Å². The van der Waals surface area contributed by atoms with Crippen molar-refractivity contribution in [2.45, 2.75) is 12.5 Å². The maximum absolute atomic E-state index is 9.80. The number of anilines is 2. The number of nitrogens with zero attached hydrogens (tertiary/aromatic N) is 4. The summed E-state index contributed by atoms with van der Waals surface area (Å²) in [5, 5.41) is 10.8. The largest absolute Gasteiger partial charge is 0.391 e. The van der Waals surface area contributed by atoms with Gasteiger partial charge in [0.1, 0.15) is 5.65 Å². The highest BCUT2D eigenvalue weighted by Gasteiger charge is 2.24. The van der Waals surface area contributed by atoms with Crippen LogP contribution in [0.15, 0.2) is 30.7 Å². The molecule has 3 aromatic heterocycles.